The van der Waals surface area contributed by atoms with Crippen LogP contribution in [0.4, 0.5) is 0 Å². The molecule has 0 rings (SSSR count). The van der Waals surface area contributed by atoms with Gasteiger partial charge < -0.3 is 27.9 Å². The average Bonchev–Trinajstić information content (AvgIpc) is 3.20. The summed E-state index contributed by atoms with van der Waals surface area (Å²) < 4.78 is 33.9. The highest BCUT2D eigenvalue weighted by molar-refractivity contribution is 7.45. The van der Waals surface area contributed by atoms with E-state index in [1.165, 1.54) is 96.3 Å². The molecule has 0 heterocycles. The van der Waals surface area contributed by atoms with Crippen molar-refractivity contribution in [3.63, 3.8) is 0 Å². The molecule has 0 spiro atoms. The fourth-order valence-electron chi connectivity index (χ4n) is 6.22. The molecule has 0 fully saturated rings. The first kappa shape index (κ1) is 57.7. The summed E-state index contributed by atoms with van der Waals surface area (Å²) >= 11 is 0. The minimum Gasteiger partial charge on any atom is -0.756 e. The maximum absolute atomic E-state index is 12.7. The number of hydrogen-bond acceptors (Lipinski definition) is 8. The van der Waals surface area contributed by atoms with Crippen LogP contribution >= 0.6 is 7.82 Å². The van der Waals surface area contributed by atoms with Crippen LogP contribution in [0.25, 0.3) is 0 Å². The Morgan fingerprint density at radius 2 is 0.900 bits per heavy atom. The molecule has 0 radical (unpaired) electrons. The molecule has 10 heteroatoms. The lowest BCUT2D eigenvalue weighted by molar-refractivity contribution is -0.870. The maximum atomic E-state index is 12.7. The Balaban J connectivity index is 4.38. The van der Waals surface area contributed by atoms with Crippen molar-refractivity contribution in [3.05, 3.63) is 60.8 Å². The fraction of sp³-hybridized carbons (Fsp3) is 0.760. The second-order valence-electron chi connectivity index (χ2n) is 17.1. The predicted molar refractivity (Wildman–Crippen MR) is 250 cm³/mol. The van der Waals surface area contributed by atoms with Gasteiger partial charge in [0.1, 0.15) is 19.8 Å². The summed E-state index contributed by atoms with van der Waals surface area (Å²) in [5, 5.41) is 0. The molecule has 2 atom stereocenters. The van der Waals surface area contributed by atoms with Crippen molar-refractivity contribution in [1.82, 2.24) is 0 Å². The van der Waals surface area contributed by atoms with E-state index in [4.69, 9.17) is 18.5 Å². The third-order valence-electron chi connectivity index (χ3n) is 10.0. The number of carbonyl (C=O) groups excluding carboxylic acids is 2. The van der Waals surface area contributed by atoms with Gasteiger partial charge in [0, 0.05) is 12.8 Å². The standard InChI is InChI=1S/C50H90NO8P/c1-6-8-10-12-14-16-18-20-22-24-25-27-28-30-32-34-36-38-40-42-49(52)56-46-48(47-58-60(54,55)57-45-44-51(3,4)5)59-50(53)43-41-39-37-35-33-31-29-26-23-21-19-17-15-13-11-9-7-2/h14,16-17,19-20,22,25,27,30,32,48H,6-13,15,18,21,23-24,26,28-29,31,33-47H2,1-5H3/b16-14+,19-17+,22-20+,27-25+,32-30+/t48-/m1/s1. The van der Waals surface area contributed by atoms with E-state index in [-0.39, 0.29) is 26.1 Å². The second kappa shape index (κ2) is 42.0. The number of nitrogens with zero attached hydrogens (tertiary/aromatic N) is 1. The predicted octanol–water partition coefficient (Wildman–Crippen LogP) is 13.4. The van der Waals surface area contributed by atoms with Crippen molar-refractivity contribution in [3.8, 4) is 0 Å². The van der Waals surface area contributed by atoms with Crippen molar-refractivity contribution < 1.29 is 42.1 Å². The molecule has 0 aliphatic heterocycles. The fourth-order valence-corrected chi connectivity index (χ4v) is 6.95. The topological polar surface area (TPSA) is 111 Å². The Morgan fingerprint density at radius 1 is 0.517 bits per heavy atom. The normalized spacial score (nSPS) is 14.0. The van der Waals surface area contributed by atoms with E-state index < -0.39 is 32.5 Å². The Kier molecular flexibility index (Phi) is 40.4. The lowest BCUT2D eigenvalue weighted by Crippen LogP contribution is -2.37. The third kappa shape index (κ3) is 45.2. The molecule has 348 valence electrons. The van der Waals surface area contributed by atoms with Crippen molar-refractivity contribution in [1.29, 1.82) is 0 Å². The molecule has 0 saturated heterocycles. The summed E-state index contributed by atoms with van der Waals surface area (Å²) in [4.78, 5) is 37.6. The first-order valence-electron chi connectivity index (χ1n) is 24.0. The number of ether oxygens (including phenoxy) is 2. The summed E-state index contributed by atoms with van der Waals surface area (Å²) in [5.74, 6) is -0.874. The quantitative estimate of drug-likeness (QED) is 0.0196. The summed E-state index contributed by atoms with van der Waals surface area (Å²) in [7, 11) is 1.14. The third-order valence-corrected chi connectivity index (χ3v) is 11.0. The molecule has 0 saturated carbocycles. The molecule has 1 unspecified atom stereocenters. The largest absolute Gasteiger partial charge is 0.756 e. The van der Waals surface area contributed by atoms with Crippen molar-refractivity contribution in [2.45, 2.75) is 200 Å². The van der Waals surface area contributed by atoms with Gasteiger partial charge in [-0.25, -0.2) is 0 Å². The van der Waals surface area contributed by atoms with Gasteiger partial charge in [0.05, 0.1) is 27.7 Å². The minimum atomic E-state index is -4.64. The smallest absolute Gasteiger partial charge is 0.306 e. The van der Waals surface area contributed by atoms with Crippen LogP contribution in [0, 0.1) is 0 Å². The average molecular weight is 864 g/mol. The number of likely N-dealkylation sites (N-methyl/N-ethyl adjacent to an activating group) is 1. The van der Waals surface area contributed by atoms with E-state index >= 15 is 0 Å². The minimum absolute atomic E-state index is 0.0387. The first-order valence-corrected chi connectivity index (χ1v) is 25.5. The van der Waals surface area contributed by atoms with Gasteiger partial charge in [-0.2, -0.15) is 0 Å². The van der Waals surface area contributed by atoms with Crippen LogP contribution in [0.3, 0.4) is 0 Å². The zero-order chi connectivity index (χ0) is 44.3. The van der Waals surface area contributed by atoms with Crippen LogP contribution < -0.4 is 4.89 Å². The van der Waals surface area contributed by atoms with E-state index in [0.717, 1.165) is 57.8 Å². The summed E-state index contributed by atoms with van der Waals surface area (Å²) in [6.45, 7) is 4.15. The number of esters is 2. The molecule has 0 aromatic heterocycles. The van der Waals surface area contributed by atoms with Crippen molar-refractivity contribution in [2.24, 2.45) is 0 Å². The monoisotopic (exact) mass is 864 g/mol. The highest BCUT2D eigenvalue weighted by Crippen LogP contribution is 2.38. The lowest BCUT2D eigenvalue weighted by Gasteiger charge is -2.28. The molecule has 0 amide bonds. The van der Waals surface area contributed by atoms with E-state index in [1.807, 2.05) is 21.1 Å². The lowest BCUT2D eigenvalue weighted by atomic mass is 10.1. The molecular formula is C50H90NO8P. The molecule has 9 nitrogen and oxygen atoms in total. The zero-order valence-electron chi connectivity index (χ0n) is 39.1. The molecule has 60 heavy (non-hydrogen) atoms. The Hall–Kier alpha value is -2.29. The maximum Gasteiger partial charge on any atom is 0.306 e. The highest BCUT2D eigenvalue weighted by atomic mass is 31.2. The molecule has 0 aromatic carbocycles. The van der Waals surface area contributed by atoms with Gasteiger partial charge in [-0.05, 0) is 83.5 Å². The number of allylic oxidation sites excluding steroid dienone is 10. The highest BCUT2D eigenvalue weighted by Gasteiger charge is 2.21. The van der Waals surface area contributed by atoms with Gasteiger partial charge in [-0.3, -0.25) is 14.2 Å². The number of quaternary nitrogens is 1. The molecule has 0 aromatic rings. The molecular weight excluding hydrogens is 774 g/mol. The first-order chi connectivity index (χ1) is 29.0. The summed E-state index contributed by atoms with van der Waals surface area (Å²) in [6, 6.07) is 0. The van der Waals surface area contributed by atoms with E-state index in [2.05, 4.69) is 74.6 Å². The zero-order valence-corrected chi connectivity index (χ0v) is 40.0. The van der Waals surface area contributed by atoms with Crippen LogP contribution in [0.5, 0.6) is 0 Å². The van der Waals surface area contributed by atoms with Gasteiger partial charge in [0.25, 0.3) is 7.82 Å². The van der Waals surface area contributed by atoms with Gasteiger partial charge in [0.2, 0.25) is 0 Å². The van der Waals surface area contributed by atoms with E-state index in [9.17, 15) is 19.0 Å². The van der Waals surface area contributed by atoms with Crippen molar-refractivity contribution in [2.75, 3.05) is 47.5 Å². The van der Waals surface area contributed by atoms with Gasteiger partial charge in [0.15, 0.2) is 6.10 Å². The summed E-state index contributed by atoms with van der Waals surface area (Å²) in [6.07, 6.45) is 51.0. The van der Waals surface area contributed by atoms with Gasteiger partial charge >= 0.3 is 11.9 Å². The molecule has 0 aliphatic carbocycles. The van der Waals surface area contributed by atoms with Crippen LogP contribution in [0.1, 0.15) is 194 Å². The molecule has 0 N–H and O–H groups in total. The molecule has 0 bridgehead atoms. The van der Waals surface area contributed by atoms with Crippen molar-refractivity contribution >= 4 is 19.8 Å². The SMILES string of the molecule is CCCCC/C=C/C/C=C/C/C=C/C/C=C/CCCCCC(=O)OC[C@H](COP(=O)([O-])OCC[N+](C)(C)C)OC(=O)CCCCCCCCCCC/C=C/CCCCCC. The van der Waals surface area contributed by atoms with E-state index in [0.29, 0.717) is 23.9 Å². The van der Waals surface area contributed by atoms with Crippen LogP contribution in [0.15, 0.2) is 60.8 Å². The Morgan fingerprint density at radius 3 is 1.40 bits per heavy atom. The van der Waals surface area contributed by atoms with E-state index in [1.54, 1.807) is 0 Å². The number of carbonyl (C=O) groups is 2. The van der Waals surface area contributed by atoms with Gasteiger partial charge in [-0.15, -0.1) is 0 Å². The number of phosphoric ester groups is 1. The van der Waals surface area contributed by atoms with Crippen LogP contribution in [0.2, 0.25) is 0 Å². The number of unbranched alkanes of at least 4 members (excludes halogenated alkanes) is 19. The summed E-state index contributed by atoms with van der Waals surface area (Å²) in [5.41, 5.74) is 0. The number of phosphoric acid groups is 1. The van der Waals surface area contributed by atoms with Crippen LogP contribution in [-0.2, 0) is 32.7 Å². The molecule has 0 aliphatic rings. The second-order valence-corrected chi connectivity index (χ2v) is 18.5. The Labute approximate surface area is 368 Å². The number of hydrogen-bond donors (Lipinski definition) is 0. The number of rotatable bonds is 43. The van der Waals surface area contributed by atoms with Crippen LogP contribution in [-0.4, -0.2) is 70.0 Å². The van der Waals surface area contributed by atoms with Gasteiger partial charge in [-0.1, -0.05) is 158 Å². The Bertz CT molecular complexity index is 1210.